The van der Waals surface area contributed by atoms with Crippen molar-refractivity contribution >= 4 is 87.5 Å². The number of aliphatic carboxylic acids is 3. The smallest absolute Gasteiger partial charge is 0.416 e. The molecule has 0 unspecified atom stereocenters. The van der Waals surface area contributed by atoms with Crippen molar-refractivity contribution in [3.05, 3.63) is 191 Å². The number of hydrogen-bond acceptors (Lipinski definition) is 13. The second-order valence-electron chi connectivity index (χ2n) is 29.2. The number of halogens is 9. The van der Waals surface area contributed by atoms with Gasteiger partial charge in [-0.1, -0.05) is 136 Å². The Balaban J connectivity index is 0.000000251. The summed E-state index contributed by atoms with van der Waals surface area (Å²) in [5, 5.41) is 32.7. The van der Waals surface area contributed by atoms with Gasteiger partial charge in [0.1, 0.15) is 53.7 Å². The van der Waals surface area contributed by atoms with Gasteiger partial charge in [-0.05, 0) is 237 Å². The predicted octanol–water partition coefficient (Wildman–Crippen LogP) is 18.3. The predicted molar refractivity (Wildman–Crippen MR) is 423 cm³/mol. The van der Waals surface area contributed by atoms with Crippen molar-refractivity contribution in [2.24, 2.45) is 17.8 Å². The highest BCUT2D eigenvalue weighted by atomic mass is 35.5. The maximum atomic E-state index is 13.1. The van der Waals surface area contributed by atoms with Crippen molar-refractivity contribution in [3.8, 4) is 17.2 Å². The molecule has 584 valence electrons. The van der Waals surface area contributed by atoms with Gasteiger partial charge in [0, 0.05) is 81.4 Å². The summed E-state index contributed by atoms with van der Waals surface area (Å²) in [6.07, 6.45) is 9.03. The molecule has 0 bridgehead atoms. The molecule has 106 heavy (non-hydrogen) atoms. The molecule has 0 amide bonds. The fourth-order valence-corrected chi connectivity index (χ4v) is 16.5. The topological polar surface area (TPSA) is 194 Å². The molecule has 25 heteroatoms. The number of aryl methyl sites for hydroxylation is 2. The molecule has 16 nitrogen and oxygen atoms in total. The molecule has 6 saturated heterocycles. The van der Waals surface area contributed by atoms with Crippen molar-refractivity contribution in [3.63, 3.8) is 0 Å². The van der Waals surface area contributed by atoms with Gasteiger partial charge in [0.2, 0.25) is 0 Å². The zero-order chi connectivity index (χ0) is 74.7. The van der Waals surface area contributed by atoms with Crippen LogP contribution in [0.3, 0.4) is 0 Å². The Bertz CT molecular complexity index is 3650. The van der Waals surface area contributed by atoms with E-state index >= 15 is 0 Å². The van der Waals surface area contributed by atoms with Crippen LogP contribution in [0.1, 0.15) is 115 Å². The van der Waals surface area contributed by atoms with E-state index in [0.717, 1.165) is 214 Å². The van der Waals surface area contributed by atoms with Gasteiger partial charge in [-0.3, -0.25) is 29.1 Å². The molecule has 6 aliphatic heterocycles. The summed E-state index contributed by atoms with van der Waals surface area (Å²) >= 11 is 36.2. The SMILES string of the molecule is Cc1ccccc1C[C@@H](C(=O)O)N1CCC(CN2CCC(Oc3ccc(Cl)c(Cl)c3)CC2)CC1.Cc1ccccc1C[C@@H](C(=O)O)N1CCC(CN2CCC(Oc3ccc(Cl)c(Cl)c3)CC2)CC1.N.O=C(O)[C@H](Cc1cccc(C(F)(F)F)c1)N1CCC(CN2CCC(Oc3ccc(Cl)c(Cl)c3)CC2)CC1.[HH].[HH].[HH]. The van der Waals surface area contributed by atoms with Crippen LogP contribution in [0.5, 0.6) is 17.2 Å². The molecular formula is C81H108Cl6F3N7O9. The zero-order valence-corrected chi connectivity index (χ0v) is 65.2. The number of rotatable bonds is 24. The Morgan fingerprint density at radius 1 is 0.406 bits per heavy atom. The number of hydrogen-bond donors (Lipinski definition) is 4. The first-order chi connectivity index (χ1) is 50.3. The fraction of sp³-hybridized carbons (Fsp3) is 0.519. The summed E-state index contributed by atoms with van der Waals surface area (Å²) in [6, 6.07) is 35.6. The number of piperidine rings is 6. The van der Waals surface area contributed by atoms with Crippen molar-refractivity contribution in [1.82, 2.24) is 35.6 Å². The molecule has 6 fully saturated rings. The van der Waals surface area contributed by atoms with E-state index in [4.69, 9.17) is 83.8 Å². The maximum absolute atomic E-state index is 13.1. The number of nitrogens with zero attached hydrogens (tertiary/aromatic N) is 6. The molecule has 0 saturated carbocycles. The summed E-state index contributed by atoms with van der Waals surface area (Å²) in [7, 11) is 0. The van der Waals surface area contributed by atoms with E-state index in [0.29, 0.717) is 79.4 Å². The number of carbonyl (C=O) groups is 3. The van der Waals surface area contributed by atoms with Crippen molar-refractivity contribution in [2.45, 2.75) is 153 Å². The van der Waals surface area contributed by atoms with Crippen molar-refractivity contribution < 1.29 is 61.4 Å². The van der Waals surface area contributed by atoms with E-state index < -0.39 is 47.8 Å². The van der Waals surface area contributed by atoms with Gasteiger partial charge in [-0.2, -0.15) is 13.2 Å². The fourth-order valence-electron chi connectivity index (χ4n) is 15.6. The first-order valence-corrected chi connectivity index (χ1v) is 39.3. The van der Waals surface area contributed by atoms with Gasteiger partial charge in [0.25, 0.3) is 0 Å². The van der Waals surface area contributed by atoms with E-state index in [9.17, 15) is 42.9 Å². The van der Waals surface area contributed by atoms with Crippen LogP contribution >= 0.6 is 69.6 Å². The molecular weight excluding hydrogens is 1480 g/mol. The zero-order valence-electron chi connectivity index (χ0n) is 60.6. The van der Waals surface area contributed by atoms with Crippen LogP contribution in [0.25, 0.3) is 0 Å². The highest BCUT2D eigenvalue weighted by molar-refractivity contribution is 6.43. The number of likely N-dealkylation sites (tertiary alicyclic amines) is 6. The van der Waals surface area contributed by atoms with Gasteiger partial charge in [-0.25, -0.2) is 0 Å². The van der Waals surface area contributed by atoms with E-state index in [1.807, 2.05) is 59.5 Å². The van der Waals surface area contributed by atoms with E-state index in [1.54, 1.807) is 42.5 Å². The van der Waals surface area contributed by atoms with Crippen LogP contribution < -0.4 is 20.4 Å². The first kappa shape index (κ1) is 84.4. The normalized spacial score (nSPS) is 19.5. The monoisotopic (exact) mass is 1590 g/mol. The van der Waals surface area contributed by atoms with Gasteiger partial charge in [-0.15, -0.1) is 0 Å². The summed E-state index contributed by atoms with van der Waals surface area (Å²) < 4.78 is 57.5. The molecule has 0 radical (unpaired) electrons. The van der Waals surface area contributed by atoms with Crippen LogP contribution in [0, 0.1) is 31.6 Å². The van der Waals surface area contributed by atoms with Gasteiger partial charge in [0.15, 0.2) is 0 Å². The molecule has 6 aliphatic rings. The molecule has 12 rings (SSSR count). The number of carboxylic acids is 3. The Labute approximate surface area is 657 Å². The lowest BCUT2D eigenvalue weighted by Gasteiger charge is -2.39. The minimum absolute atomic E-state index is 0. The Morgan fingerprint density at radius 2 is 0.708 bits per heavy atom. The molecule has 3 atom stereocenters. The summed E-state index contributed by atoms with van der Waals surface area (Å²) in [5.74, 6) is 1.55. The van der Waals surface area contributed by atoms with E-state index in [1.165, 1.54) is 6.07 Å². The lowest BCUT2D eigenvalue weighted by Crippen LogP contribution is -2.49. The largest absolute Gasteiger partial charge is 0.490 e. The third-order valence-electron chi connectivity index (χ3n) is 21.9. The van der Waals surface area contributed by atoms with E-state index in [-0.39, 0.29) is 35.2 Å². The van der Waals surface area contributed by atoms with Crippen LogP contribution in [0.4, 0.5) is 13.2 Å². The minimum Gasteiger partial charge on any atom is -0.490 e. The third kappa shape index (κ3) is 25.5. The second kappa shape index (κ2) is 40.9. The number of benzene rings is 6. The highest BCUT2D eigenvalue weighted by Crippen LogP contribution is 2.35. The lowest BCUT2D eigenvalue weighted by atomic mass is 9.92. The summed E-state index contributed by atoms with van der Waals surface area (Å²) in [4.78, 5) is 49.8. The average molecular weight is 1590 g/mol. The Hall–Kier alpha value is -5.62. The summed E-state index contributed by atoms with van der Waals surface area (Å²) in [5.41, 5.74) is 4.21. The molecule has 0 spiro atoms. The highest BCUT2D eigenvalue weighted by Gasteiger charge is 2.37. The molecule has 0 aromatic heterocycles. The van der Waals surface area contributed by atoms with Crippen LogP contribution in [-0.4, -0.2) is 197 Å². The molecule has 6 N–H and O–H groups in total. The Kier molecular flexibility index (Phi) is 32.6. The third-order valence-corrected chi connectivity index (χ3v) is 24.1. The summed E-state index contributed by atoms with van der Waals surface area (Å²) in [6.45, 7) is 17.9. The van der Waals surface area contributed by atoms with Gasteiger partial charge < -0.3 is 50.4 Å². The van der Waals surface area contributed by atoms with E-state index in [2.05, 4.69) is 50.5 Å². The van der Waals surface area contributed by atoms with Crippen molar-refractivity contribution in [1.29, 1.82) is 0 Å². The number of carboxylic acid groups (broad SMARTS) is 3. The average Bonchev–Trinajstić information content (AvgIpc) is 0.871. The maximum Gasteiger partial charge on any atom is 0.416 e. The Morgan fingerprint density at radius 3 is 0.991 bits per heavy atom. The van der Waals surface area contributed by atoms with Crippen LogP contribution in [-0.2, 0) is 39.8 Å². The number of ether oxygens (including phenoxy) is 3. The molecule has 6 aromatic rings. The lowest BCUT2D eigenvalue weighted by molar-refractivity contribution is -0.145. The molecule has 6 heterocycles. The van der Waals surface area contributed by atoms with Crippen LogP contribution in [0.15, 0.2) is 127 Å². The standard InChI is InChI=1S/C27H31Cl2F3N2O3.2C27H34Cl2N2O3.H3N.3H2/c28-23-5-4-22(16-24(23)29)37-21-8-10-33(11-9-21)17-18-6-12-34(13-7-18)25(26(35)36)15-19-2-1-3-20(14-19)27(30,31)32;2*1-19-4-2-3-5-21(19)16-26(27(32)33)31-14-8-20(9-15-31)18-30-12-10-22(11-13-30)34-23-6-7-24(28)25(29)17-23;;;;/h1-5,14,16,18,21,25H,6-13,15,17H2,(H,35,36);2*2-7,17,20,22,26H,8-16,18H2,1H3,(H,32,33);1H3;3*1H/t25-;2*26-;;;;/m000..../s1. The van der Waals surface area contributed by atoms with Crippen LogP contribution in [0.2, 0.25) is 30.1 Å². The molecule has 6 aromatic carbocycles. The quantitative estimate of drug-likeness (QED) is 0.0447. The minimum atomic E-state index is -4.45. The van der Waals surface area contributed by atoms with Gasteiger partial charge in [0.05, 0.1) is 35.7 Å². The van der Waals surface area contributed by atoms with Gasteiger partial charge >= 0.3 is 24.1 Å². The first-order valence-electron chi connectivity index (χ1n) is 37.0. The number of alkyl halides is 3. The van der Waals surface area contributed by atoms with Crippen molar-refractivity contribution in [2.75, 3.05) is 98.2 Å². The second-order valence-corrected chi connectivity index (χ2v) is 31.7. The molecule has 0 aliphatic carbocycles.